The molecule has 2 aromatic rings. The third-order valence-electron chi connectivity index (χ3n) is 2.72. The summed E-state index contributed by atoms with van der Waals surface area (Å²) in [6.45, 7) is -0.195. The van der Waals surface area contributed by atoms with Crippen LogP contribution in [0.2, 0.25) is 0 Å². The summed E-state index contributed by atoms with van der Waals surface area (Å²) in [5, 5.41) is 19.9. The molecule has 0 heterocycles. The Labute approximate surface area is 115 Å². The Bertz CT molecular complexity index is 587. The van der Waals surface area contributed by atoms with E-state index in [0.717, 1.165) is 0 Å². The number of aliphatic hydroxyl groups excluding tert-OH is 1. The molecule has 20 heavy (non-hydrogen) atoms. The SMILES string of the molecule is COc1cccc(CO)c1Oc1ccc([N+](=O)[O-])cc1. The summed E-state index contributed by atoms with van der Waals surface area (Å²) in [4.78, 5) is 10.1. The van der Waals surface area contributed by atoms with Crippen molar-refractivity contribution in [3.8, 4) is 17.2 Å². The van der Waals surface area contributed by atoms with E-state index in [0.29, 0.717) is 22.8 Å². The van der Waals surface area contributed by atoms with E-state index in [1.807, 2.05) is 0 Å². The zero-order valence-corrected chi connectivity index (χ0v) is 10.8. The Hall–Kier alpha value is -2.60. The first kappa shape index (κ1) is 13.8. The summed E-state index contributed by atoms with van der Waals surface area (Å²) in [6, 6.07) is 10.8. The van der Waals surface area contributed by atoms with Gasteiger partial charge in [0.25, 0.3) is 5.69 Å². The second-order valence-electron chi connectivity index (χ2n) is 3.96. The maximum Gasteiger partial charge on any atom is 0.269 e. The van der Waals surface area contributed by atoms with Gasteiger partial charge in [-0.15, -0.1) is 0 Å². The van der Waals surface area contributed by atoms with E-state index >= 15 is 0 Å². The molecule has 2 aromatic carbocycles. The molecule has 0 amide bonds. The molecule has 104 valence electrons. The molecule has 0 atom stereocenters. The molecule has 0 saturated heterocycles. The molecule has 0 fully saturated rings. The normalized spacial score (nSPS) is 10.1. The Morgan fingerprint density at radius 3 is 2.45 bits per heavy atom. The van der Waals surface area contributed by atoms with Crippen LogP contribution < -0.4 is 9.47 Å². The minimum Gasteiger partial charge on any atom is -0.493 e. The first-order chi connectivity index (χ1) is 9.65. The molecule has 6 heteroatoms. The van der Waals surface area contributed by atoms with E-state index < -0.39 is 4.92 Å². The lowest BCUT2D eigenvalue weighted by atomic mass is 10.2. The van der Waals surface area contributed by atoms with Crippen LogP contribution in [0, 0.1) is 10.1 Å². The number of benzene rings is 2. The lowest BCUT2D eigenvalue weighted by Gasteiger charge is -2.13. The van der Waals surface area contributed by atoms with Gasteiger partial charge in [-0.2, -0.15) is 0 Å². The number of hydrogen-bond donors (Lipinski definition) is 1. The van der Waals surface area contributed by atoms with Gasteiger partial charge in [0.2, 0.25) is 0 Å². The van der Waals surface area contributed by atoms with E-state index in [1.54, 1.807) is 18.2 Å². The number of ether oxygens (including phenoxy) is 2. The van der Waals surface area contributed by atoms with E-state index in [1.165, 1.54) is 31.4 Å². The second kappa shape index (κ2) is 6.03. The lowest BCUT2D eigenvalue weighted by molar-refractivity contribution is -0.384. The van der Waals surface area contributed by atoms with Crippen LogP contribution in [0.25, 0.3) is 0 Å². The molecule has 6 nitrogen and oxygen atoms in total. The van der Waals surface area contributed by atoms with Gasteiger partial charge in [0.1, 0.15) is 5.75 Å². The third-order valence-corrected chi connectivity index (χ3v) is 2.72. The Kier molecular flexibility index (Phi) is 4.17. The van der Waals surface area contributed by atoms with Crippen LogP contribution in [0.3, 0.4) is 0 Å². The molecule has 0 aliphatic heterocycles. The van der Waals surface area contributed by atoms with Crippen molar-refractivity contribution in [1.82, 2.24) is 0 Å². The highest BCUT2D eigenvalue weighted by atomic mass is 16.6. The summed E-state index contributed by atoms with van der Waals surface area (Å²) in [5.41, 5.74) is 0.558. The van der Waals surface area contributed by atoms with Crippen LogP contribution in [0.5, 0.6) is 17.2 Å². The second-order valence-corrected chi connectivity index (χ2v) is 3.96. The fraction of sp³-hybridized carbons (Fsp3) is 0.143. The van der Waals surface area contributed by atoms with E-state index in [2.05, 4.69) is 0 Å². The molecule has 0 aromatic heterocycles. The van der Waals surface area contributed by atoms with Gasteiger partial charge in [-0.1, -0.05) is 12.1 Å². The first-order valence-electron chi connectivity index (χ1n) is 5.84. The summed E-state index contributed by atoms with van der Waals surface area (Å²) >= 11 is 0. The Morgan fingerprint density at radius 2 is 1.90 bits per heavy atom. The van der Waals surface area contributed by atoms with Gasteiger partial charge < -0.3 is 14.6 Å². The van der Waals surface area contributed by atoms with Gasteiger partial charge >= 0.3 is 0 Å². The van der Waals surface area contributed by atoms with E-state index in [-0.39, 0.29) is 12.3 Å². The highest BCUT2D eigenvalue weighted by molar-refractivity contribution is 5.49. The highest BCUT2D eigenvalue weighted by Crippen LogP contribution is 2.35. The van der Waals surface area contributed by atoms with Crippen LogP contribution in [-0.2, 0) is 6.61 Å². The molecule has 0 spiro atoms. The standard InChI is InChI=1S/C14H13NO5/c1-19-13-4-2-3-10(9-16)14(13)20-12-7-5-11(6-8-12)15(17)18/h2-8,16H,9H2,1H3. The van der Waals surface area contributed by atoms with Crippen LogP contribution >= 0.6 is 0 Å². The van der Waals surface area contributed by atoms with Gasteiger partial charge in [-0.05, 0) is 18.2 Å². The first-order valence-corrected chi connectivity index (χ1v) is 5.84. The number of rotatable bonds is 5. The number of nitro groups is 1. The Balaban J connectivity index is 2.31. The van der Waals surface area contributed by atoms with Gasteiger partial charge in [0.05, 0.1) is 18.6 Å². The molecule has 0 aliphatic rings. The molecule has 0 radical (unpaired) electrons. The lowest BCUT2D eigenvalue weighted by Crippen LogP contribution is -1.96. The van der Waals surface area contributed by atoms with E-state index in [4.69, 9.17) is 9.47 Å². The minimum absolute atomic E-state index is 0.0141. The zero-order chi connectivity index (χ0) is 14.5. The molecular weight excluding hydrogens is 262 g/mol. The molecule has 0 aliphatic carbocycles. The van der Waals surface area contributed by atoms with Crippen LogP contribution in [0.1, 0.15) is 5.56 Å². The number of aliphatic hydroxyl groups is 1. The van der Waals surface area contributed by atoms with Crippen LogP contribution in [0.4, 0.5) is 5.69 Å². The number of nitrogens with zero attached hydrogens (tertiary/aromatic N) is 1. The quantitative estimate of drug-likeness (QED) is 0.670. The maximum absolute atomic E-state index is 10.6. The predicted octanol–water partition coefficient (Wildman–Crippen LogP) is 2.89. The number of methoxy groups -OCH3 is 1. The molecule has 2 rings (SSSR count). The fourth-order valence-corrected chi connectivity index (χ4v) is 1.72. The summed E-state index contributed by atoms with van der Waals surface area (Å²) < 4.78 is 10.8. The number of nitro benzene ring substituents is 1. The molecule has 0 bridgehead atoms. The van der Waals surface area contributed by atoms with Crippen molar-refractivity contribution >= 4 is 5.69 Å². The van der Waals surface area contributed by atoms with Crippen molar-refractivity contribution in [1.29, 1.82) is 0 Å². The minimum atomic E-state index is -0.480. The van der Waals surface area contributed by atoms with Crippen molar-refractivity contribution < 1.29 is 19.5 Å². The van der Waals surface area contributed by atoms with Gasteiger partial charge in [-0.25, -0.2) is 0 Å². The van der Waals surface area contributed by atoms with Crippen molar-refractivity contribution in [2.75, 3.05) is 7.11 Å². The van der Waals surface area contributed by atoms with Crippen molar-refractivity contribution in [2.24, 2.45) is 0 Å². The maximum atomic E-state index is 10.6. The number of non-ortho nitro benzene ring substituents is 1. The van der Waals surface area contributed by atoms with Crippen LogP contribution in [-0.4, -0.2) is 17.1 Å². The van der Waals surface area contributed by atoms with Crippen LogP contribution in [0.15, 0.2) is 42.5 Å². The molecule has 1 N–H and O–H groups in total. The summed E-state index contributed by atoms with van der Waals surface area (Å²) in [7, 11) is 1.50. The topological polar surface area (TPSA) is 81.8 Å². The van der Waals surface area contributed by atoms with Gasteiger partial charge in [0, 0.05) is 17.7 Å². The van der Waals surface area contributed by atoms with Crippen molar-refractivity contribution in [2.45, 2.75) is 6.61 Å². The Morgan fingerprint density at radius 1 is 1.20 bits per heavy atom. The van der Waals surface area contributed by atoms with E-state index in [9.17, 15) is 15.2 Å². The largest absolute Gasteiger partial charge is 0.493 e. The highest BCUT2D eigenvalue weighted by Gasteiger charge is 2.12. The summed E-state index contributed by atoms with van der Waals surface area (Å²) in [5.74, 6) is 1.30. The zero-order valence-electron chi connectivity index (χ0n) is 10.8. The molecular formula is C14H13NO5. The van der Waals surface area contributed by atoms with Crippen molar-refractivity contribution in [3.63, 3.8) is 0 Å². The third kappa shape index (κ3) is 2.86. The smallest absolute Gasteiger partial charge is 0.269 e. The van der Waals surface area contributed by atoms with Crippen molar-refractivity contribution in [3.05, 3.63) is 58.1 Å². The predicted molar refractivity (Wildman–Crippen MR) is 72.1 cm³/mol. The number of para-hydroxylation sites is 1. The van der Waals surface area contributed by atoms with Gasteiger partial charge in [-0.3, -0.25) is 10.1 Å². The average Bonchev–Trinajstić information content (AvgIpc) is 2.48. The monoisotopic (exact) mass is 275 g/mol. The summed E-state index contributed by atoms with van der Waals surface area (Å²) in [6.07, 6.45) is 0. The van der Waals surface area contributed by atoms with Gasteiger partial charge in [0.15, 0.2) is 11.5 Å². The average molecular weight is 275 g/mol. The molecule has 0 saturated carbocycles. The number of hydrogen-bond acceptors (Lipinski definition) is 5. The molecule has 0 unspecified atom stereocenters. The fourth-order valence-electron chi connectivity index (χ4n) is 1.72.